The lowest BCUT2D eigenvalue weighted by Gasteiger charge is -2.41. The van der Waals surface area contributed by atoms with Gasteiger partial charge in [0.05, 0.1) is 0 Å². The zero-order valence-corrected chi connectivity index (χ0v) is 9.80. The minimum absolute atomic E-state index is 0.440. The van der Waals surface area contributed by atoms with Crippen LogP contribution in [0.3, 0.4) is 0 Å². The maximum atomic E-state index is 12.1. The maximum Gasteiger partial charge on any atom is 0.397 e. The SMILES string of the molecule is O=C(CC(F)(F)F)N1CC[C@H]2CCCC[C@H]2C1. The summed E-state index contributed by atoms with van der Waals surface area (Å²) in [6.07, 6.45) is -0.147. The van der Waals surface area contributed by atoms with Crippen molar-refractivity contribution >= 4 is 5.91 Å². The Kier molecular flexibility index (Phi) is 3.64. The highest BCUT2D eigenvalue weighted by Gasteiger charge is 2.37. The summed E-state index contributed by atoms with van der Waals surface area (Å²) in [5.74, 6) is 0.329. The number of amides is 1. The number of rotatable bonds is 1. The zero-order valence-electron chi connectivity index (χ0n) is 9.80. The second-order valence-electron chi connectivity index (χ2n) is 5.22. The largest absolute Gasteiger partial charge is 0.397 e. The molecule has 1 aliphatic heterocycles. The van der Waals surface area contributed by atoms with Crippen LogP contribution in [-0.4, -0.2) is 30.1 Å². The highest BCUT2D eigenvalue weighted by Crippen LogP contribution is 2.36. The molecular weight excluding hydrogens is 231 g/mol. The third kappa shape index (κ3) is 3.36. The molecule has 5 heteroatoms. The monoisotopic (exact) mass is 249 g/mol. The van der Waals surface area contributed by atoms with E-state index in [0.717, 1.165) is 19.3 Å². The van der Waals surface area contributed by atoms with Gasteiger partial charge in [-0.3, -0.25) is 4.79 Å². The average Bonchev–Trinajstić information content (AvgIpc) is 2.26. The molecule has 2 aliphatic rings. The standard InChI is InChI=1S/C12H18F3NO/c13-12(14,15)7-11(17)16-6-5-9-3-1-2-4-10(9)8-16/h9-10H,1-8H2/t9-,10+/m1/s1. The van der Waals surface area contributed by atoms with Crippen LogP contribution in [0.5, 0.6) is 0 Å². The van der Waals surface area contributed by atoms with Gasteiger partial charge in [-0.2, -0.15) is 13.2 Å². The van der Waals surface area contributed by atoms with E-state index in [-0.39, 0.29) is 0 Å². The Morgan fingerprint density at radius 3 is 2.41 bits per heavy atom. The van der Waals surface area contributed by atoms with Crippen LogP contribution in [0.25, 0.3) is 0 Å². The van der Waals surface area contributed by atoms with Crippen molar-refractivity contribution in [2.75, 3.05) is 13.1 Å². The van der Waals surface area contributed by atoms with E-state index in [1.807, 2.05) is 0 Å². The van der Waals surface area contributed by atoms with Crippen LogP contribution in [0.4, 0.5) is 13.2 Å². The van der Waals surface area contributed by atoms with E-state index in [2.05, 4.69) is 0 Å². The van der Waals surface area contributed by atoms with Gasteiger partial charge in [0.15, 0.2) is 0 Å². The lowest BCUT2D eigenvalue weighted by Crippen LogP contribution is -2.45. The van der Waals surface area contributed by atoms with Gasteiger partial charge in [0.25, 0.3) is 0 Å². The second-order valence-corrected chi connectivity index (χ2v) is 5.22. The summed E-state index contributed by atoms with van der Waals surface area (Å²) in [5.41, 5.74) is 0. The number of halogens is 3. The number of fused-ring (bicyclic) bond motifs is 1. The molecule has 1 heterocycles. The predicted octanol–water partition coefficient (Wildman–Crippen LogP) is 2.98. The molecule has 0 aromatic rings. The van der Waals surface area contributed by atoms with Gasteiger partial charge >= 0.3 is 6.18 Å². The maximum absolute atomic E-state index is 12.1. The molecule has 0 aromatic heterocycles. The van der Waals surface area contributed by atoms with Gasteiger partial charge in [0.1, 0.15) is 6.42 Å². The average molecular weight is 249 g/mol. The third-order valence-electron chi connectivity index (χ3n) is 4.00. The van der Waals surface area contributed by atoms with Gasteiger partial charge < -0.3 is 4.90 Å². The van der Waals surface area contributed by atoms with E-state index in [4.69, 9.17) is 0 Å². The Labute approximate surface area is 99.2 Å². The number of carbonyl (C=O) groups is 1. The first-order valence-corrected chi connectivity index (χ1v) is 6.30. The van der Waals surface area contributed by atoms with Gasteiger partial charge in [-0.1, -0.05) is 19.3 Å². The van der Waals surface area contributed by atoms with Crippen molar-refractivity contribution < 1.29 is 18.0 Å². The molecule has 2 rings (SSSR count). The normalized spacial score (nSPS) is 29.9. The van der Waals surface area contributed by atoms with Crippen LogP contribution >= 0.6 is 0 Å². The Morgan fingerprint density at radius 2 is 1.76 bits per heavy atom. The molecule has 1 saturated heterocycles. The minimum Gasteiger partial charge on any atom is -0.342 e. The Balaban J connectivity index is 1.89. The van der Waals surface area contributed by atoms with Gasteiger partial charge in [0.2, 0.25) is 5.91 Å². The number of likely N-dealkylation sites (tertiary alicyclic amines) is 1. The molecule has 0 radical (unpaired) electrons. The fourth-order valence-corrected chi connectivity index (χ4v) is 3.11. The third-order valence-corrected chi connectivity index (χ3v) is 4.00. The Hall–Kier alpha value is -0.740. The van der Waals surface area contributed by atoms with E-state index < -0.39 is 18.5 Å². The van der Waals surface area contributed by atoms with Crippen LogP contribution in [0.1, 0.15) is 38.5 Å². The van der Waals surface area contributed by atoms with Crippen molar-refractivity contribution in [2.45, 2.75) is 44.7 Å². The van der Waals surface area contributed by atoms with Crippen molar-refractivity contribution in [3.05, 3.63) is 0 Å². The van der Waals surface area contributed by atoms with Crippen LogP contribution in [0.2, 0.25) is 0 Å². The number of carbonyl (C=O) groups excluding carboxylic acids is 1. The molecule has 1 aliphatic carbocycles. The van der Waals surface area contributed by atoms with Gasteiger partial charge in [0, 0.05) is 13.1 Å². The number of piperidine rings is 1. The van der Waals surface area contributed by atoms with Crippen LogP contribution < -0.4 is 0 Å². The first-order chi connectivity index (χ1) is 7.96. The van der Waals surface area contributed by atoms with Gasteiger partial charge in [-0.05, 0) is 24.7 Å². The summed E-state index contributed by atoms with van der Waals surface area (Å²) in [7, 11) is 0. The van der Waals surface area contributed by atoms with E-state index in [1.165, 1.54) is 17.7 Å². The summed E-state index contributed by atoms with van der Waals surface area (Å²) in [5, 5.41) is 0. The van der Waals surface area contributed by atoms with Crippen molar-refractivity contribution in [1.29, 1.82) is 0 Å². The molecule has 2 nitrogen and oxygen atoms in total. The summed E-state index contributed by atoms with van der Waals surface area (Å²) in [6, 6.07) is 0. The summed E-state index contributed by atoms with van der Waals surface area (Å²) < 4.78 is 36.4. The Bertz CT molecular complexity index is 290. The summed E-state index contributed by atoms with van der Waals surface area (Å²) in [6.45, 7) is 1.05. The number of nitrogens with zero attached hydrogens (tertiary/aromatic N) is 1. The van der Waals surface area contributed by atoms with Crippen molar-refractivity contribution in [2.24, 2.45) is 11.8 Å². The minimum atomic E-state index is -4.37. The Morgan fingerprint density at radius 1 is 1.12 bits per heavy atom. The summed E-state index contributed by atoms with van der Waals surface area (Å²) >= 11 is 0. The van der Waals surface area contributed by atoms with Crippen molar-refractivity contribution in [3.8, 4) is 0 Å². The lowest BCUT2D eigenvalue weighted by atomic mass is 9.75. The molecule has 1 saturated carbocycles. The highest BCUT2D eigenvalue weighted by molar-refractivity contribution is 5.76. The lowest BCUT2D eigenvalue weighted by molar-refractivity contribution is -0.163. The van der Waals surface area contributed by atoms with E-state index >= 15 is 0 Å². The zero-order chi connectivity index (χ0) is 12.5. The van der Waals surface area contributed by atoms with Gasteiger partial charge in [-0.15, -0.1) is 0 Å². The second kappa shape index (κ2) is 4.86. The molecule has 0 bridgehead atoms. The molecule has 98 valence electrons. The van der Waals surface area contributed by atoms with Crippen LogP contribution in [0.15, 0.2) is 0 Å². The van der Waals surface area contributed by atoms with Crippen LogP contribution in [0, 0.1) is 11.8 Å². The molecule has 1 amide bonds. The molecule has 17 heavy (non-hydrogen) atoms. The molecule has 0 spiro atoms. The fraction of sp³-hybridized carbons (Fsp3) is 0.917. The number of hydrogen-bond acceptors (Lipinski definition) is 1. The predicted molar refractivity (Wildman–Crippen MR) is 57.3 cm³/mol. The molecule has 2 fully saturated rings. The van der Waals surface area contributed by atoms with Crippen molar-refractivity contribution in [1.82, 2.24) is 4.90 Å². The van der Waals surface area contributed by atoms with E-state index in [9.17, 15) is 18.0 Å². The summed E-state index contributed by atoms with van der Waals surface area (Å²) in [4.78, 5) is 12.9. The molecular formula is C12H18F3NO. The molecule has 0 unspecified atom stereocenters. The highest BCUT2D eigenvalue weighted by atomic mass is 19.4. The molecule has 2 atom stereocenters. The first-order valence-electron chi connectivity index (χ1n) is 6.30. The molecule has 0 aromatic carbocycles. The smallest absolute Gasteiger partial charge is 0.342 e. The number of hydrogen-bond donors (Lipinski definition) is 0. The molecule has 0 N–H and O–H groups in total. The van der Waals surface area contributed by atoms with E-state index in [1.54, 1.807) is 0 Å². The quantitative estimate of drug-likeness (QED) is 0.699. The number of alkyl halides is 3. The van der Waals surface area contributed by atoms with Crippen molar-refractivity contribution in [3.63, 3.8) is 0 Å². The van der Waals surface area contributed by atoms with Gasteiger partial charge in [-0.25, -0.2) is 0 Å². The topological polar surface area (TPSA) is 20.3 Å². The fourth-order valence-electron chi connectivity index (χ4n) is 3.11. The first kappa shape index (κ1) is 12.7. The van der Waals surface area contributed by atoms with E-state index in [0.29, 0.717) is 24.9 Å². The van der Waals surface area contributed by atoms with Crippen LogP contribution in [-0.2, 0) is 4.79 Å².